The fourth-order valence-corrected chi connectivity index (χ4v) is 4.73. The van der Waals surface area contributed by atoms with Crippen molar-refractivity contribution in [3.63, 3.8) is 0 Å². The number of likely N-dealkylation sites (N-methyl/N-ethyl adjacent to an activating group) is 1. The molecular formula is C29H32N4O3. The molecule has 7 heteroatoms. The fourth-order valence-electron chi connectivity index (χ4n) is 4.73. The zero-order valence-electron chi connectivity index (χ0n) is 20.7. The Morgan fingerprint density at radius 3 is 2.25 bits per heavy atom. The van der Waals surface area contributed by atoms with Crippen molar-refractivity contribution in [2.75, 3.05) is 64.3 Å². The second-order valence-corrected chi connectivity index (χ2v) is 9.37. The van der Waals surface area contributed by atoms with Crippen LogP contribution in [0.3, 0.4) is 0 Å². The third-order valence-corrected chi connectivity index (χ3v) is 6.95. The largest absolute Gasteiger partial charge is 0.415 e. The summed E-state index contributed by atoms with van der Waals surface area (Å²) in [7, 11) is 2.15. The van der Waals surface area contributed by atoms with Crippen LogP contribution in [-0.2, 0) is 4.79 Å². The number of piperazine rings is 2. The summed E-state index contributed by atoms with van der Waals surface area (Å²) in [6.45, 7) is 5.87. The molecule has 36 heavy (non-hydrogen) atoms. The molecule has 2 aliphatic rings. The Morgan fingerprint density at radius 2 is 1.50 bits per heavy atom. The van der Waals surface area contributed by atoms with E-state index in [1.807, 2.05) is 54.6 Å². The van der Waals surface area contributed by atoms with Gasteiger partial charge in [0.15, 0.2) is 0 Å². The predicted molar refractivity (Wildman–Crippen MR) is 143 cm³/mol. The summed E-state index contributed by atoms with van der Waals surface area (Å²) in [6, 6.07) is 21.9. The molecule has 2 amide bonds. The number of hydrogen-bond donors (Lipinski definition) is 0. The molecule has 0 unspecified atom stereocenters. The van der Waals surface area contributed by atoms with Crippen molar-refractivity contribution in [3.05, 3.63) is 78.4 Å². The van der Waals surface area contributed by atoms with Gasteiger partial charge in [-0.3, -0.25) is 4.79 Å². The lowest BCUT2D eigenvalue weighted by molar-refractivity contribution is -0.127. The lowest BCUT2D eigenvalue weighted by Gasteiger charge is -2.35. The molecule has 0 saturated carbocycles. The lowest BCUT2D eigenvalue weighted by Crippen LogP contribution is -2.51. The minimum absolute atomic E-state index is 0.0437. The van der Waals surface area contributed by atoms with Crippen LogP contribution in [0.4, 0.5) is 10.5 Å². The molecule has 0 atom stereocenters. The van der Waals surface area contributed by atoms with Gasteiger partial charge in [0.1, 0.15) is 5.75 Å². The number of amides is 2. The van der Waals surface area contributed by atoms with Gasteiger partial charge in [0.25, 0.3) is 0 Å². The number of anilines is 1. The Morgan fingerprint density at radius 1 is 0.778 bits per heavy atom. The number of fused-ring (bicyclic) bond motifs is 1. The molecule has 0 bridgehead atoms. The van der Waals surface area contributed by atoms with Gasteiger partial charge in [-0.1, -0.05) is 48.5 Å². The zero-order valence-corrected chi connectivity index (χ0v) is 20.7. The van der Waals surface area contributed by atoms with E-state index < -0.39 is 0 Å². The van der Waals surface area contributed by atoms with E-state index in [2.05, 4.69) is 35.0 Å². The summed E-state index contributed by atoms with van der Waals surface area (Å²) in [5.41, 5.74) is 2.16. The smallest absolute Gasteiger partial charge is 0.410 e. The molecule has 0 radical (unpaired) electrons. The first kappa shape index (κ1) is 23.9. The van der Waals surface area contributed by atoms with Gasteiger partial charge in [-0.25, -0.2) is 4.79 Å². The highest BCUT2D eigenvalue weighted by atomic mass is 16.6. The van der Waals surface area contributed by atoms with E-state index >= 15 is 0 Å². The Hall–Kier alpha value is -3.84. The Balaban J connectivity index is 1.20. The Bertz CT molecular complexity index is 1240. The van der Waals surface area contributed by atoms with Crippen molar-refractivity contribution < 1.29 is 14.3 Å². The Labute approximate surface area is 212 Å². The molecule has 3 aromatic rings. The van der Waals surface area contributed by atoms with Gasteiger partial charge >= 0.3 is 6.09 Å². The topological polar surface area (TPSA) is 56.3 Å². The van der Waals surface area contributed by atoms with Crippen molar-refractivity contribution in [2.45, 2.75) is 0 Å². The molecule has 2 aliphatic heterocycles. The van der Waals surface area contributed by atoms with Crippen LogP contribution in [0.25, 0.3) is 16.8 Å². The van der Waals surface area contributed by atoms with Crippen molar-refractivity contribution in [1.29, 1.82) is 0 Å². The van der Waals surface area contributed by atoms with Gasteiger partial charge < -0.3 is 24.3 Å². The average Bonchev–Trinajstić information content (AvgIpc) is 2.92. The molecule has 0 N–H and O–H groups in total. The monoisotopic (exact) mass is 484 g/mol. The van der Waals surface area contributed by atoms with Gasteiger partial charge in [-0.15, -0.1) is 0 Å². The van der Waals surface area contributed by atoms with Gasteiger partial charge in [0, 0.05) is 69.5 Å². The number of carbonyl (C=O) groups is 2. The van der Waals surface area contributed by atoms with Crippen molar-refractivity contribution >= 4 is 34.5 Å². The van der Waals surface area contributed by atoms with E-state index in [0.717, 1.165) is 42.5 Å². The number of rotatable bonds is 4. The molecule has 2 saturated heterocycles. The lowest BCUT2D eigenvalue weighted by atomic mass is 10.1. The number of nitrogens with zero attached hydrogens (tertiary/aromatic N) is 4. The highest BCUT2D eigenvalue weighted by Crippen LogP contribution is 2.31. The maximum absolute atomic E-state index is 12.9. The first-order valence-electron chi connectivity index (χ1n) is 12.5. The van der Waals surface area contributed by atoms with E-state index in [1.54, 1.807) is 15.9 Å². The fraction of sp³-hybridized carbons (Fsp3) is 0.310. The molecule has 0 aromatic heterocycles. The van der Waals surface area contributed by atoms with E-state index in [4.69, 9.17) is 4.74 Å². The van der Waals surface area contributed by atoms with E-state index in [0.29, 0.717) is 31.9 Å². The molecule has 7 nitrogen and oxygen atoms in total. The number of ether oxygens (including phenoxy) is 1. The van der Waals surface area contributed by atoms with E-state index in [1.165, 1.54) is 5.69 Å². The van der Waals surface area contributed by atoms with Crippen LogP contribution in [0.5, 0.6) is 5.75 Å². The minimum Gasteiger partial charge on any atom is -0.410 e. The first-order valence-corrected chi connectivity index (χ1v) is 12.5. The van der Waals surface area contributed by atoms with Gasteiger partial charge in [-0.2, -0.15) is 0 Å². The maximum atomic E-state index is 12.9. The molecule has 0 aliphatic carbocycles. The van der Waals surface area contributed by atoms with Crippen LogP contribution in [-0.4, -0.2) is 86.1 Å². The summed E-state index contributed by atoms with van der Waals surface area (Å²) in [6.07, 6.45) is 3.04. The second kappa shape index (κ2) is 10.8. The normalized spacial score (nSPS) is 17.1. The molecule has 186 valence electrons. The summed E-state index contributed by atoms with van der Waals surface area (Å²) in [5, 5.41) is 2.22. The van der Waals surface area contributed by atoms with Crippen molar-refractivity contribution in [2.24, 2.45) is 0 Å². The van der Waals surface area contributed by atoms with Crippen LogP contribution in [0.15, 0.2) is 72.8 Å². The number of hydrogen-bond acceptors (Lipinski definition) is 5. The van der Waals surface area contributed by atoms with Crippen molar-refractivity contribution in [3.8, 4) is 5.75 Å². The summed E-state index contributed by atoms with van der Waals surface area (Å²) in [4.78, 5) is 33.6. The van der Waals surface area contributed by atoms with Crippen LogP contribution in [0.1, 0.15) is 5.56 Å². The summed E-state index contributed by atoms with van der Waals surface area (Å²) < 4.78 is 5.77. The third-order valence-electron chi connectivity index (χ3n) is 6.95. The molecule has 0 spiro atoms. The maximum Gasteiger partial charge on any atom is 0.415 e. The average molecular weight is 485 g/mol. The van der Waals surface area contributed by atoms with Crippen LogP contribution >= 0.6 is 0 Å². The molecule has 2 heterocycles. The first-order chi connectivity index (χ1) is 17.6. The standard InChI is InChI=1S/C29H32N4O3/c1-30-14-16-31(17-15-30)27-9-5-8-24-11-12-25(22-26(24)27)36-29(35)33-20-18-32(19-21-33)28(34)13-10-23-6-3-2-4-7-23/h2-13,22H,14-21H2,1H3/b13-10+. The third kappa shape index (κ3) is 5.52. The SMILES string of the molecule is CN1CCN(c2cccc3ccc(OC(=O)N4CCN(C(=O)/C=C/c5ccccc5)CC4)cc23)CC1. The molecular weight excluding hydrogens is 452 g/mol. The summed E-state index contributed by atoms with van der Waals surface area (Å²) in [5.74, 6) is 0.496. The minimum atomic E-state index is -0.377. The highest BCUT2D eigenvalue weighted by Gasteiger charge is 2.25. The quantitative estimate of drug-likeness (QED) is 0.525. The number of benzene rings is 3. The van der Waals surface area contributed by atoms with E-state index in [9.17, 15) is 9.59 Å². The molecule has 2 fully saturated rings. The Kier molecular flexibility index (Phi) is 7.18. The van der Waals surface area contributed by atoms with Crippen LogP contribution in [0, 0.1) is 0 Å². The van der Waals surface area contributed by atoms with Gasteiger partial charge in [-0.05, 0) is 42.3 Å². The summed E-state index contributed by atoms with van der Waals surface area (Å²) >= 11 is 0. The van der Waals surface area contributed by atoms with Crippen LogP contribution < -0.4 is 9.64 Å². The van der Waals surface area contributed by atoms with Crippen LogP contribution in [0.2, 0.25) is 0 Å². The molecule has 5 rings (SSSR count). The van der Waals surface area contributed by atoms with E-state index in [-0.39, 0.29) is 12.0 Å². The second-order valence-electron chi connectivity index (χ2n) is 9.37. The van der Waals surface area contributed by atoms with Gasteiger partial charge in [0.2, 0.25) is 5.91 Å². The highest BCUT2D eigenvalue weighted by molar-refractivity contribution is 5.96. The number of carbonyl (C=O) groups excluding carboxylic acids is 2. The zero-order chi connectivity index (χ0) is 24.9. The molecule has 3 aromatic carbocycles. The van der Waals surface area contributed by atoms with Crippen molar-refractivity contribution in [1.82, 2.24) is 14.7 Å². The predicted octanol–water partition coefficient (Wildman–Crippen LogP) is 3.95. The van der Waals surface area contributed by atoms with Gasteiger partial charge in [0.05, 0.1) is 0 Å².